The summed E-state index contributed by atoms with van der Waals surface area (Å²) >= 11 is 0. The third-order valence-electron chi connectivity index (χ3n) is 5.10. The molecule has 0 unspecified atom stereocenters. The standard InChI is InChI=1S/C24H16N2O7/c1-2-33-24(30)14-6-9-17(10-7-14)25-22(28)19-11-8-16(13-20(19)23(25)29)21(27)15-4-3-5-18(12-15)26(31)32/h3-13H,2H2,1H3. The van der Waals surface area contributed by atoms with E-state index in [-0.39, 0.29) is 45.8 Å². The number of nitro groups is 1. The number of nitro benzene ring substituents is 1. The van der Waals surface area contributed by atoms with Gasteiger partial charge in [-0.1, -0.05) is 18.2 Å². The maximum Gasteiger partial charge on any atom is 0.338 e. The summed E-state index contributed by atoms with van der Waals surface area (Å²) in [6.07, 6.45) is 0. The summed E-state index contributed by atoms with van der Waals surface area (Å²) in [5.74, 6) is -2.21. The van der Waals surface area contributed by atoms with E-state index in [9.17, 15) is 29.3 Å². The van der Waals surface area contributed by atoms with E-state index in [2.05, 4.69) is 0 Å². The number of benzene rings is 3. The largest absolute Gasteiger partial charge is 0.462 e. The maximum atomic E-state index is 13.0. The molecule has 9 nitrogen and oxygen atoms in total. The molecule has 0 bridgehead atoms. The number of rotatable bonds is 6. The van der Waals surface area contributed by atoms with Crippen LogP contribution in [0.5, 0.6) is 0 Å². The summed E-state index contributed by atoms with van der Waals surface area (Å²) in [6.45, 7) is 1.90. The van der Waals surface area contributed by atoms with Gasteiger partial charge in [0, 0.05) is 23.3 Å². The Morgan fingerprint density at radius 1 is 0.879 bits per heavy atom. The minimum absolute atomic E-state index is 0.0470. The fourth-order valence-electron chi connectivity index (χ4n) is 3.50. The molecule has 2 amide bonds. The van der Waals surface area contributed by atoms with E-state index in [1.807, 2.05) is 0 Å². The van der Waals surface area contributed by atoms with Gasteiger partial charge in [0.15, 0.2) is 5.78 Å². The van der Waals surface area contributed by atoms with Crippen molar-refractivity contribution in [2.75, 3.05) is 11.5 Å². The molecule has 0 radical (unpaired) electrons. The Balaban J connectivity index is 1.63. The quantitative estimate of drug-likeness (QED) is 0.186. The van der Waals surface area contributed by atoms with E-state index in [0.717, 1.165) is 11.0 Å². The number of amides is 2. The van der Waals surface area contributed by atoms with Crippen LogP contribution in [-0.4, -0.2) is 35.1 Å². The normalized spacial score (nSPS) is 12.5. The Morgan fingerprint density at radius 2 is 1.52 bits per heavy atom. The predicted molar refractivity (Wildman–Crippen MR) is 117 cm³/mol. The predicted octanol–water partition coefficient (Wildman–Crippen LogP) is 3.80. The molecule has 1 aliphatic rings. The van der Waals surface area contributed by atoms with Crippen molar-refractivity contribution in [1.82, 2.24) is 0 Å². The van der Waals surface area contributed by atoms with Crippen LogP contribution in [0, 0.1) is 10.1 Å². The maximum absolute atomic E-state index is 13.0. The number of esters is 1. The number of carbonyl (C=O) groups is 4. The lowest BCUT2D eigenvalue weighted by Gasteiger charge is -2.14. The van der Waals surface area contributed by atoms with Gasteiger partial charge < -0.3 is 4.74 Å². The first-order valence-electron chi connectivity index (χ1n) is 9.91. The molecular formula is C24H16N2O7. The summed E-state index contributed by atoms with van der Waals surface area (Å²) in [6, 6.07) is 15.2. The lowest BCUT2D eigenvalue weighted by Crippen LogP contribution is -2.29. The fraction of sp³-hybridized carbons (Fsp3) is 0.0833. The third-order valence-corrected chi connectivity index (χ3v) is 5.10. The Kier molecular flexibility index (Phi) is 5.53. The van der Waals surface area contributed by atoms with Gasteiger partial charge in [-0.05, 0) is 43.3 Å². The fourth-order valence-corrected chi connectivity index (χ4v) is 3.50. The molecule has 0 saturated carbocycles. The van der Waals surface area contributed by atoms with Gasteiger partial charge in [0.25, 0.3) is 17.5 Å². The van der Waals surface area contributed by atoms with Crippen molar-refractivity contribution in [1.29, 1.82) is 0 Å². The zero-order valence-electron chi connectivity index (χ0n) is 17.3. The van der Waals surface area contributed by atoms with Crippen LogP contribution in [0.15, 0.2) is 66.7 Å². The second-order valence-electron chi connectivity index (χ2n) is 7.11. The van der Waals surface area contributed by atoms with Crippen LogP contribution in [0.2, 0.25) is 0 Å². The number of hydrogen-bond acceptors (Lipinski definition) is 7. The SMILES string of the molecule is CCOC(=O)c1ccc(N2C(=O)c3ccc(C(=O)c4cccc([N+](=O)[O-])c4)cc3C2=O)cc1. The van der Waals surface area contributed by atoms with Crippen molar-refractivity contribution in [2.24, 2.45) is 0 Å². The van der Waals surface area contributed by atoms with E-state index >= 15 is 0 Å². The second kappa shape index (κ2) is 8.46. The van der Waals surface area contributed by atoms with Gasteiger partial charge in [0.2, 0.25) is 0 Å². The van der Waals surface area contributed by atoms with Crippen LogP contribution < -0.4 is 4.90 Å². The molecule has 0 saturated heterocycles. The molecule has 9 heteroatoms. The number of ether oxygens (including phenoxy) is 1. The number of anilines is 1. The highest BCUT2D eigenvalue weighted by molar-refractivity contribution is 6.35. The van der Waals surface area contributed by atoms with Crippen molar-refractivity contribution in [3.63, 3.8) is 0 Å². The number of carbonyl (C=O) groups excluding carboxylic acids is 4. The highest BCUT2D eigenvalue weighted by Crippen LogP contribution is 2.30. The second-order valence-corrected chi connectivity index (χ2v) is 7.11. The van der Waals surface area contributed by atoms with Crippen LogP contribution in [0.1, 0.15) is 53.9 Å². The first-order valence-corrected chi connectivity index (χ1v) is 9.91. The summed E-state index contributed by atoms with van der Waals surface area (Å²) in [5.41, 5.74) is 0.701. The smallest absolute Gasteiger partial charge is 0.338 e. The zero-order chi connectivity index (χ0) is 23.7. The minimum atomic E-state index is -0.618. The van der Waals surface area contributed by atoms with Gasteiger partial charge in [0.05, 0.1) is 33.9 Å². The average molecular weight is 444 g/mol. The van der Waals surface area contributed by atoms with E-state index in [1.165, 1.54) is 60.7 Å². The van der Waals surface area contributed by atoms with Crippen LogP contribution in [0.4, 0.5) is 11.4 Å². The number of imide groups is 1. The van der Waals surface area contributed by atoms with Crippen molar-refractivity contribution in [2.45, 2.75) is 6.92 Å². The topological polar surface area (TPSA) is 124 Å². The first kappa shape index (κ1) is 21.6. The van der Waals surface area contributed by atoms with Crippen LogP contribution in [-0.2, 0) is 4.74 Å². The molecule has 1 aliphatic heterocycles. The van der Waals surface area contributed by atoms with Crippen molar-refractivity contribution in [3.05, 3.63) is 105 Å². The zero-order valence-corrected chi connectivity index (χ0v) is 17.3. The first-order chi connectivity index (χ1) is 15.8. The molecule has 3 aromatic rings. The molecule has 33 heavy (non-hydrogen) atoms. The third kappa shape index (κ3) is 3.87. The van der Waals surface area contributed by atoms with Crippen LogP contribution in [0.25, 0.3) is 0 Å². The summed E-state index contributed by atoms with van der Waals surface area (Å²) in [4.78, 5) is 61.9. The minimum Gasteiger partial charge on any atom is -0.462 e. The molecule has 0 spiro atoms. The number of ketones is 1. The summed E-state index contributed by atoms with van der Waals surface area (Å²) < 4.78 is 4.92. The summed E-state index contributed by atoms with van der Waals surface area (Å²) in [7, 11) is 0. The van der Waals surface area contributed by atoms with E-state index < -0.39 is 28.5 Å². The number of hydrogen-bond donors (Lipinski definition) is 0. The number of non-ortho nitro benzene ring substituents is 1. The molecule has 164 valence electrons. The lowest BCUT2D eigenvalue weighted by molar-refractivity contribution is -0.384. The van der Waals surface area contributed by atoms with Crippen molar-refractivity contribution < 1.29 is 28.8 Å². The van der Waals surface area contributed by atoms with E-state index in [0.29, 0.717) is 0 Å². The lowest BCUT2D eigenvalue weighted by atomic mass is 9.99. The Morgan fingerprint density at radius 3 is 2.18 bits per heavy atom. The molecular weight excluding hydrogens is 428 g/mol. The Labute approximate surface area is 187 Å². The van der Waals surface area contributed by atoms with Gasteiger partial charge in [0.1, 0.15) is 0 Å². The molecule has 0 fully saturated rings. The molecule has 1 heterocycles. The average Bonchev–Trinajstić information content (AvgIpc) is 3.08. The summed E-state index contributed by atoms with van der Waals surface area (Å²) in [5, 5.41) is 11.0. The van der Waals surface area contributed by atoms with Crippen molar-refractivity contribution in [3.8, 4) is 0 Å². The molecule has 0 atom stereocenters. The molecule has 4 rings (SSSR count). The van der Waals surface area contributed by atoms with Gasteiger partial charge in [-0.3, -0.25) is 24.5 Å². The highest BCUT2D eigenvalue weighted by atomic mass is 16.6. The van der Waals surface area contributed by atoms with E-state index in [4.69, 9.17) is 4.74 Å². The van der Waals surface area contributed by atoms with Gasteiger partial charge >= 0.3 is 5.97 Å². The highest BCUT2D eigenvalue weighted by Gasteiger charge is 2.37. The van der Waals surface area contributed by atoms with Gasteiger partial charge in [-0.15, -0.1) is 0 Å². The number of nitrogens with zero attached hydrogens (tertiary/aromatic N) is 2. The van der Waals surface area contributed by atoms with Gasteiger partial charge in [-0.25, -0.2) is 9.69 Å². The molecule has 0 N–H and O–H groups in total. The molecule has 3 aromatic carbocycles. The van der Waals surface area contributed by atoms with Crippen LogP contribution >= 0.6 is 0 Å². The van der Waals surface area contributed by atoms with E-state index in [1.54, 1.807) is 6.92 Å². The Bertz CT molecular complexity index is 1330. The molecule has 0 aliphatic carbocycles. The Hall–Kier alpha value is -4.66. The molecule has 0 aromatic heterocycles. The van der Waals surface area contributed by atoms with Crippen molar-refractivity contribution >= 4 is 34.9 Å². The van der Waals surface area contributed by atoms with Gasteiger partial charge in [-0.2, -0.15) is 0 Å². The number of fused-ring (bicyclic) bond motifs is 1. The monoisotopic (exact) mass is 444 g/mol. The van der Waals surface area contributed by atoms with Crippen LogP contribution in [0.3, 0.4) is 0 Å².